The van der Waals surface area contributed by atoms with Crippen LogP contribution >= 0.6 is 11.3 Å². The first-order valence-electron chi connectivity index (χ1n) is 6.94. The van der Waals surface area contributed by atoms with Gasteiger partial charge in [0.15, 0.2) is 0 Å². The van der Waals surface area contributed by atoms with Crippen LogP contribution < -0.4 is 5.32 Å². The summed E-state index contributed by atoms with van der Waals surface area (Å²) in [5.41, 5.74) is 1.19. The Morgan fingerprint density at radius 3 is 2.95 bits per heavy atom. The first-order valence-corrected chi connectivity index (χ1v) is 7.88. The molecule has 2 rings (SSSR count). The van der Waals surface area contributed by atoms with Crippen LogP contribution in [0.4, 0.5) is 0 Å². The fourth-order valence-corrected chi connectivity index (χ4v) is 3.08. The van der Waals surface area contributed by atoms with Crippen molar-refractivity contribution in [2.75, 3.05) is 19.8 Å². The van der Waals surface area contributed by atoms with Crippen molar-refractivity contribution in [1.29, 1.82) is 0 Å². The Bertz CT molecular complexity index is 394. The van der Waals surface area contributed by atoms with Crippen molar-refractivity contribution in [1.82, 2.24) is 10.2 Å². The number of nitrogens with zero attached hydrogens (tertiary/aromatic N) is 1. The van der Waals surface area contributed by atoms with Gasteiger partial charge in [0.1, 0.15) is 6.17 Å². The van der Waals surface area contributed by atoms with Crippen molar-refractivity contribution in [2.24, 2.45) is 0 Å². The van der Waals surface area contributed by atoms with Gasteiger partial charge in [-0.05, 0) is 42.2 Å². The number of rotatable bonds is 7. The Kier molecular flexibility index (Phi) is 5.36. The first kappa shape index (κ1) is 14.5. The molecule has 1 aliphatic rings. The Morgan fingerprint density at radius 2 is 2.32 bits per heavy atom. The predicted octanol–water partition coefficient (Wildman–Crippen LogP) is 2.38. The minimum absolute atomic E-state index is 0.0327. The lowest BCUT2D eigenvalue weighted by atomic mass is 10.2. The van der Waals surface area contributed by atoms with E-state index in [0.717, 1.165) is 26.0 Å². The van der Waals surface area contributed by atoms with Crippen LogP contribution in [0.5, 0.6) is 0 Å². The number of carbonyl (C=O) groups excluding carboxylic acids is 1. The molecule has 1 amide bonds. The highest BCUT2D eigenvalue weighted by Gasteiger charge is 2.38. The maximum atomic E-state index is 12.3. The Morgan fingerprint density at radius 1 is 1.47 bits per heavy atom. The molecular formula is C14H22N2O2S. The zero-order valence-corrected chi connectivity index (χ0v) is 12.4. The molecule has 1 aliphatic heterocycles. The molecule has 4 nitrogen and oxygen atoms in total. The van der Waals surface area contributed by atoms with Gasteiger partial charge in [0.2, 0.25) is 5.91 Å². The van der Waals surface area contributed by atoms with E-state index in [2.05, 4.69) is 22.1 Å². The van der Waals surface area contributed by atoms with Gasteiger partial charge in [-0.3, -0.25) is 10.1 Å². The lowest BCUT2D eigenvalue weighted by Gasteiger charge is -2.23. The Labute approximate surface area is 118 Å². The summed E-state index contributed by atoms with van der Waals surface area (Å²) in [4.78, 5) is 14.3. The van der Waals surface area contributed by atoms with Gasteiger partial charge in [-0.1, -0.05) is 6.92 Å². The molecular weight excluding hydrogens is 260 g/mol. The van der Waals surface area contributed by atoms with E-state index in [-0.39, 0.29) is 18.1 Å². The van der Waals surface area contributed by atoms with Crippen molar-refractivity contribution in [3.63, 3.8) is 0 Å². The van der Waals surface area contributed by atoms with E-state index in [4.69, 9.17) is 4.74 Å². The molecule has 1 aromatic rings. The van der Waals surface area contributed by atoms with E-state index in [1.807, 2.05) is 18.7 Å². The van der Waals surface area contributed by atoms with Crippen molar-refractivity contribution < 1.29 is 9.53 Å². The summed E-state index contributed by atoms with van der Waals surface area (Å²) in [6.45, 7) is 6.24. The summed E-state index contributed by atoms with van der Waals surface area (Å²) in [5.74, 6) is 0.218. The zero-order chi connectivity index (χ0) is 13.7. The summed E-state index contributed by atoms with van der Waals surface area (Å²) < 4.78 is 5.35. The van der Waals surface area contributed by atoms with E-state index in [1.54, 1.807) is 11.3 Å². The third-order valence-electron chi connectivity index (χ3n) is 3.41. The number of carbonyl (C=O) groups is 1. The van der Waals surface area contributed by atoms with Crippen molar-refractivity contribution >= 4 is 17.2 Å². The highest BCUT2D eigenvalue weighted by molar-refractivity contribution is 7.07. The number of ether oxygens (including phenoxy) is 1. The minimum Gasteiger partial charge on any atom is -0.382 e. The van der Waals surface area contributed by atoms with Crippen LogP contribution in [-0.4, -0.2) is 36.6 Å². The average Bonchev–Trinajstić information content (AvgIpc) is 3.03. The van der Waals surface area contributed by atoms with Crippen LogP contribution in [0, 0.1) is 0 Å². The third-order valence-corrected chi connectivity index (χ3v) is 4.11. The molecule has 0 spiro atoms. The second kappa shape index (κ2) is 7.03. The summed E-state index contributed by atoms with van der Waals surface area (Å²) in [6.07, 6.45) is 1.75. The van der Waals surface area contributed by atoms with E-state index in [9.17, 15) is 4.79 Å². The van der Waals surface area contributed by atoms with E-state index >= 15 is 0 Å². The Hall–Kier alpha value is -0.910. The number of hydrogen-bond donors (Lipinski definition) is 1. The predicted molar refractivity (Wildman–Crippen MR) is 77.1 cm³/mol. The van der Waals surface area contributed by atoms with Gasteiger partial charge in [0, 0.05) is 19.8 Å². The van der Waals surface area contributed by atoms with Gasteiger partial charge in [0.05, 0.1) is 6.04 Å². The second-order valence-electron chi connectivity index (χ2n) is 4.67. The lowest BCUT2D eigenvalue weighted by molar-refractivity contribution is -0.130. The van der Waals surface area contributed by atoms with Crippen LogP contribution in [0.1, 0.15) is 38.4 Å². The van der Waals surface area contributed by atoms with Gasteiger partial charge in [-0.2, -0.15) is 11.3 Å². The first-order chi connectivity index (χ1) is 9.27. The van der Waals surface area contributed by atoms with Crippen LogP contribution in [0.2, 0.25) is 0 Å². The van der Waals surface area contributed by atoms with E-state index in [0.29, 0.717) is 6.61 Å². The molecule has 0 bridgehead atoms. The van der Waals surface area contributed by atoms with Gasteiger partial charge in [-0.15, -0.1) is 0 Å². The van der Waals surface area contributed by atoms with Gasteiger partial charge < -0.3 is 9.64 Å². The SMILES string of the molecule is CCOCCCN1C(=O)C(CC)NC1c1ccsc1. The van der Waals surface area contributed by atoms with Crippen LogP contribution in [0.25, 0.3) is 0 Å². The average molecular weight is 282 g/mol. The molecule has 0 aliphatic carbocycles. The van der Waals surface area contributed by atoms with Crippen molar-refractivity contribution in [3.05, 3.63) is 22.4 Å². The molecule has 0 saturated carbocycles. The molecule has 1 saturated heterocycles. The summed E-state index contributed by atoms with van der Waals surface area (Å²) in [7, 11) is 0. The molecule has 2 heterocycles. The molecule has 1 aromatic heterocycles. The summed E-state index contributed by atoms with van der Waals surface area (Å²) >= 11 is 1.67. The molecule has 1 fully saturated rings. The number of nitrogens with one attached hydrogen (secondary N) is 1. The number of thiophene rings is 1. The topological polar surface area (TPSA) is 41.6 Å². The highest BCUT2D eigenvalue weighted by Crippen LogP contribution is 2.27. The van der Waals surface area contributed by atoms with Gasteiger partial charge >= 0.3 is 0 Å². The highest BCUT2D eigenvalue weighted by atomic mass is 32.1. The molecule has 5 heteroatoms. The minimum atomic E-state index is -0.0445. The fraction of sp³-hybridized carbons (Fsp3) is 0.643. The quantitative estimate of drug-likeness (QED) is 0.781. The monoisotopic (exact) mass is 282 g/mol. The second-order valence-corrected chi connectivity index (χ2v) is 5.45. The van der Waals surface area contributed by atoms with E-state index in [1.165, 1.54) is 5.56 Å². The largest absolute Gasteiger partial charge is 0.382 e. The van der Waals surface area contributed by atoms with Crippen LogP contribution in [-0.2, 0) is 9.53 Å². The molecule has 106 valence electrons. The molecule has 1 N–H and O–H groups in total. The normalized spacial score (nSPS) is 23.3. The van der Waals surface area contributed by atoms with Crippen LogP contribution in [0.3, 0.4) is 0 Å². The summed E-state index contributed by atoms with van der Waals surface area (Å²) in [5, 5.41) is 7.59. The molecule has 2 atom stereocenters. The van der Waals surface area contributed by atoms with Gasteiger partial charge in [-0.25, -0.2) is 0 Å². The van der Waals surface area contributed by atoms with Crippen molar-refractivity contribution in [2.45, 2.75) is 38.9 Å². The van der Waals surface area contributed by atoms with E-state index < -0.39 is 0 Å². The fourth-order valence-electron chi connectivity index (χ4n) is 2.40. The number of hydrogen-bond acceptors (Lipinski definition) is 4. The maximum Gasteiger partial charge on any atom is 0.241 e. The smallest absolute Gasteiger partial charge is 0.241 e. The summed E-state index contributed by atoms with van der Waals surface area (Å²) in [6, 6.07) is 2.04. The van der Waals surface area contributed by atoms with Crippen LogP contribution in [0.15, 0.2) is 16.8 Å². The molecule has 2 unspecified atom stereocenters. The maximum absolute atomic E-state index is 12.3. The third kappa shape index (κ3) is 3.35. The van der Waals surface area contributed by atoms with Crippen molar-refractivity contribution in [3.8, 4) is 0 Å². The molecule has 0 aromatic carbocycles. The molecule has 0 radical (unpaired) electrons. The number of amides is 1. The standard InChI is InChI=1S/C14H22N2O2S/c1-3-12-14(17)16(7-5-8-18-4-2)13(15-12)11-6-9-19-10-11/h6,9-10,12-13,15H,3-5,7-8H2,1-2H3. The van der Waals surface area contributed by atoms with Gasteiger partial charge in [0.25, 0.3) is 0 Å². The zero-order valence-electron chi connectivity index (χ0n) is 11.6. The lowest BCUT2D eigenvalue weighted by Crippen LogP contribution is -2.32. The Balaban J connectivity index is 2.00. The molecule has 19 heavy (non-hydrogen) atoms.